The minimum Gasteiger partial charge on any atom is -0.397 e. The van der Waals surface area contributed by atoms with Crippen LogP contribution in [0.25, 0.3) is 0 Å². The molecule has 0 aromatic heterocycles. The number of aliphatic hydroxyl groups excluding tert-OH is 1. The number of aliphatic hydroxyl groups is 1. The number of rotatable bonds is 2. The Bertz CT molecular complexity index is 124. The highest BCUT2D eigenvalue weighted by Crippen LogP contribution is 2.38. The molecule has 0 aliphatic rings. The largest absolute Gasteiger partial charge is 0.397 e. The molecule has 0 bridgehead atoms. The van der Waals surface area contributed by atoms with E-state index in [1.54, 1.807) is 0 Å². The molecule has 0 amide bonds. The van der Waals surface area contributed by atoms with Gasteiger partial charge < -0.3 is 5.11 Å². The third-order valence-electron chi connectivity index (χ3n) is 3.15. The Morgan fingerprint density at radius 1 is 1.27 bits per heavy atom. The molecule has 0 aromatic rings. The van der Waals surface area contributed by atoms with Gasteiger partial charge >= 0.3 is 0 Å². The van der Waals surface area contributed by atoms with Crippen molar-refractivity contribution in [1.29, 1.82) is 0 Å². The van der Waals surface area contributed by atoms with E-state index in [2.05, 4.69) is 40.8 Å². The third kappa shape index (κ3) is 2.31. The topological polar surface area (TPSA) is 20.2 Å². The normalized spacial score (nSPS) is 16.6. The summed E-state index contributed by atoms with van der Waals surface area (Å²) < 4.78 is 0. The molecule has 0 heterocycles. The highest BCUT2D eigenvalue weighted by atomic mass is 28.3. The van der Waals surface area contributed by atoms with Gasteiger partial charge in [-0.15, -0.1) is 0 Å². The van der Waals surface area contributed by atoms with E-state index in [1.165, 1.54) is 0 Å². The lowest BCUT2D eigenvalue weighted by molar-refractivity contribution is 0.233. The summed E-state index contributed by atoms with van der Waals surface area (Å²) in [7, 11) is -1.45. The minimum absolute atomic E-state index is 0.0532. The molecule has 0 saturated carbocycles. The predicted octanol–water partition coefficient (Wildman–Crippen LogP) is 2.81. The van der Waals surface area contributed by atoms with Crippen LogP contribution in [0.3, 0.4) is 0 Å². The molecule has 0 saturated heterocycles. The molecule has 0 aliphatic heterocycles. The van der Waals surface area contributed by atoms with Crippen LogP contribution in [0.1, 0.15) is 34.1 Å². The fourth-order valence-electron chi connectivity index (χ4n) is 1.01. The monoisotopic (exact) mass is 174 g/mol. The van der Waals surface area contributed by atoms with E-state index >= 15 is 0 Å². The summed E-state index contributed by atoms with van der Waals surface area (Å²) in [5.41, 5.74) is -0.0532. The van der Waals surface area contributed by atoms with Gasteiger partial charge in [-0.25, -0.2) is 0 Å². The SMILES string of the molecule is CCC(O)[Si](C)(C)C(C)(C)C. The van der Waals surface area contributed by atoms with Gasteiger partial charge in [-0.2, -0.15) is 0 Å². The lowest BCUT2D eigenvalue weighted by Gasteiger charge is -2.40. The van der Waals surface area contributed by atoms with E-state index in [4.69, 9.17) is 0 Å². The summed E-state index contributed by atoms with van der Waals surface area (Å²) in [6.45, 7) is 13.3. The zero-order valence-electron chi connectivity index (χ0n) is 8.73. The standard InChI is InChI=1S/C9H22OSi/c1-7-8(10)11(5,6)9(2,3)4/h8,10H,7H2,1-6H3. The molecular formula is C9H22OSi. The number of hydrogen-bond donors (Lipinski definition) is 1. The van der Waals surface area contributed by atoms with Crippen molar-refractivity contribution in [3.05, 3.63) is 0 Å². The van der Waals surface area contributed by atoms with Crippen molar-refractivity contribution in [2.45, 2.75) is 58.0 Å². The summed E-state index contributed by atoms with van der Waals surface area (Å²) in [5, 5.41) is 10.1. The fourth-order valence-corrected chi connectivity index (χ4v) is 3.03. The molecule has 1 nitrogen and oxygen atoms in total. The first-order chi connectivity index (χ1) is 4.73. The maximum Gasteiger partial charge on any atom is 0.0864 e. The predicted molar refractivity (Wildman–Crippen MR) is 53.5 cm³/mol. The van der Waals surface area contributed by atoms with Crippen molar-refractivity contribution in [1.82, 2.24) is 0 Å². The number of hydrogen-bond acceptors (Lipinski definition) is 1. The maximum atomic E-state index is 9.78. The van der Waals surface area contributed by atoms with Crippen LogP contribution < -0.4 is 0 Å². The Balaban J connectivity index is 4.45. The molecule has 0 radical (unpaired) electrons. The fraction of sp³-hybridized carbons (Fsp3) is 1.00. The lowest BCUT2D eigenvalue weighted by atomic mass is 10.2. The molecule has 68 valence electrons. The Morgan fingerprint density at radius 3 is 1.73 bits per heavy atom. The second-order valence-electron chi connectivity index (χ2n) is 4.90. The van der Waals surface area contributed by atoms with Gasteiger partial charge in [0, 0.05) is 5.73 Å². The smallest absolute Gasteiger partial charge is 0.0864 e. The van der Waals surface area contributed by atoms with Crippen LogP contribution in [0, 0.1) is 0 Å². The highest BCUT2D eigenvalue weighted by Gasteiger charge is 2.40. The van der Waals surface area contributed by atoms with Gasteiger partial charge in [0.2, 0.25) is 0 Å². The Hall–Kier alpha value is 0.177. The van der Waals surface area contributed by atoms with Crippen molar-refractivity contribution in [2.75, 3.05) is 0 Å². The molecule has 1 atom stereocenters. The average molecular weight is 174 g/mol. The highest BCUT2D eigenvalue weighted by molar-refractivity contribution is 6.81. The van der Waals surface area contributed by atoms with Crippen LogP contribution in [-0.4, -0.2) is 18.9 Å². The molecule has 0 rings (SSSR count). The summed E-state index contributed by atoms with van der Waals surface area (Å²) >= 11 is 0. The van der Waals surface area contributed by atoms with Crippen LogP contribution in [0.2, 0.25) is 18.1 Å². The van der Waals surface area contributed by atoms with E-state index in [0.717, 1.165) is 6.42 Å². The maximum absolute atomic E-state index is 9.78. The molecule has 0 spiro atoms. The van der Waals surface area contributed by atoms with Gasteiger partial charge in [-0.1, -0.05) is 40.8 Å². The van der Waals surface area contributed by atoms with Crippen LogP contribution in [0.4, 0.5) is 0 Å². The van der Waals surface area contributed by atoms with E-state index in [9.17, 15) is 5.11 Å². The van der Waals surface area contributed by atoms with E-state index in [-0.39, 0.29) is 5.73 Å². The quantitative estimate of drug-likeness (QED) is 0.638. The summed E-state index contributed by atoms with van der Waals surface area (Å²) in [4.78, 5) is 0. The first kappa shape index (κ1) is 11.2. The molecule has 0 fully saturated rings. The van der Waals surface area contributed by atoms with Crippen LogP contribution in [0.5, 0.6) is 0 Å². The molecule has 1 N–H and O–H groups in total. The van der Waals surface area contributed by atoms with Gasteiger partial charge in [-0.05, 0) is 11.5 Å². The molecule has 1 unspecified atom stereocenters. The van der Waals surface area contributed by atoms with Crippen LogP contribution in [-0.2, 0) is 0 Å². The van der Waals surface area contributed by atoms with Gasteiger partial charge in [0.05, 0.1) is 8.07 Å². The van der Waals surface area contributed by atoms with Crippen molar-refractivity contribution in [3.63, 3.8) is 0 Å². The molecule has 0 aromatic carbocycles. The summed E-state index contributed by atoms with van der Waals surface area (Å²) in [5.74, 6) is 0. The summed E-state index contributed by atoms with van der Waals surface area (Å²) in [6.07, 6.45) is 0.899. The molecule has 0 aliphatic carbocycles. The third-order valence-corrected chi connectivity index (χ3v) is 9.09. The average Bonchev–Trinajstić information content (AvgIpc) is 1.83. The van der Waals surface area contributed by atoms with Gasteiger partial charge in [0.1, 0.15) is 0 Å². The van der Waals surface area contributed by atoms with Crippen molar-refractivity contribution < 1.29 is 5.11 Å². The Morgan fingerprint density at radius 2 is 1.64 bits per heavy atom. The Kier molecular flexibility index (Phi) is 3.33. The summed E-state index contributed by atoms with van der Waals surface area (Å²) in [6, 6.07) is 0. The van der Waals surface area contributed by atoms with Crippen molar-refractivity contribution in [2.24, 2.45) is 0 Å². The second-order valence-corrected chi connectivity index (χ2v) is 10.5. The molecule has 2 heteroatoms. The first-order valence-electron chi connectivity index (χ1n) is 4.41. The lowest BCUT2D eigenvalue weighted by Crippen LogP contribution is -2.48. The molecular weight excluding hydrogens is 152 g/mol. The second kappa shape index (κ2) is 3.28. The van der Waals surface area contributed by atoms with Crippen LogP contribution >= 0.6 is 0 Å². The van der Waals surface area contributed by atoms with Gasteiger partial charge in [-0.3, -0.25) is 0 Å². The van der Waals surface area contributed by atoms with E-state index < -0.39 is 8.07 Å². The molecule has 11 heavy (non-hydrogen) atoms. The van der Waals surface area contributed by atoms with Gasteiger partial charge in [0.25, 0.3) is 0 Å². The Labute approximate surface area is 71.8 Å². The van der Waals surface area contributed by atoms with Crippen molar-refractivity contribution >= 4 is 8.07 Å². The van der Waals surface area contributed by atoms with Crippen molar-refractivity contribution in [3.8, 4) is 0 Å². The van der Waals surface area contributed by atoms with E-state index in [1.807, 2.05) is 0 Å². The minimum atomic E-state index is -1.45. The zero-order chi connectivity index (χ0) is 9.28. The first-order valence-corrected chi connectivity index (χ1v) is 7.49. The van der Waals surface area contributed by atoms with Gasteiger partial charge in [0.15, 0.2) is 0 Å². The zero-order valence-corrected chi connectivity index (χ0v) is 9.73. The van der Waals surface area contributed by atoms with Crippen LogP contribution in [0.15, 0.2) is 0 Å². The van der Waals surface area contributed by atoms with E-state index in [0.29, 0.717) is 5.04 Å².